The summed E-state index contributed by atoms with van der Waals surface area (Å²) in [5.41, 5.74) is 6.11. The molecule has 3 nitrogen and oxygen atoms in total. The Morgan fingerprint density at radius 2 is 2.00 bits per heavy atom. The van der Waals surface area contributed by atoms with E-state index in [-0.39, 0.29) is 11.9 Å². The lowest BCUT2D eigenvalue weighted by Gasteiger charge is -2.18. The molecule has 0 heterocycles. The summed E-state index contributed by atoms with van der Waals surface area (Å²) in [5.74, 6) is -0.228. The van der Waals surface area contributed by atoms with Crippen LogP contribution in [0.1, 0.15) is 24.5 Å². The minimum atomic E-state index is -4.70. The van der Waals surface area contributed by atoms with Gasteiger partial charge in [-0.1, -0.05) is 0 Å². The predicted octanol–water partition coefficient (Wildman–Crippen LogP) is 3.73. The summed E-state index contributed by atoms with van der Waals surface area (Å²) in [6.45, 7) is 0.508. The molecule has 0 aliphatic carbocycles. The van der Waals surface area contributed by atoms with E-state index in [1.807, 2.05) is 0 Å². The largest absolute Gasteiger partial charge is 0.573 e. The monoisotopic (exact) mass is 309 g/mol. The van der Waals surface area contributed by atoms with Crippen LogP contribution in [0.15, 0.2) is 23.1 Å². The standard InChI is InChI=1S/C13H18F3NO2S/c1-18-12(4-3-5-17)9-6-10(19-13(14,15)16)8-11(7-9)20-2/h6-8,12H,3-5,17H2,1-2H3. The molecule has 1 aromatic rings. The van der Waals surface area contributed by atoms with Crippen LogP contribution in [-0.4, -0.2) is 26.3 Å². The zero-order valence-electron chi connectivity index (χ0n) is 11.4. The molecule has 0 amide bonds. The molecule has 0 spiro atoms. The van der Waals surface area contributed by atoms with Crippen LogP contribution in [0, 0.1) is 0 Å². The first-order chi connectivity index (χ1) is 9.39. The predicted molar refractivity (Wildman–Crippen MR) is 72.9 cm³/mol. The molecule has 20 heavy (non-hydrogen) atoms. The summed E-state index contributed by atoms with van der Waals surface area (Å²) in [4.78, 5) is 0.691. The fourth-order valence-electron chi connectivity index (χ4n) is 1.81. The molecule has 0 aromatic heterocycles. The average Bonchev–Trinajstić information content (AvgIpc) is 2.37. The molecule has 7 heteroatoms. The van der Waals surface area contributed by atoms with Gasteiger partial charge in [-0.25, -0.2) is 0 Å². The van der Waals surface area contributed by atoms with Crippen molar-refractivity contribution in [2.75, 3.05) is 19.9 Å². The molecule has 0 radical (unpaired) electrons. The molecule has 2 N–H and O–H groups in total. The smallest absolute Gasteiger partial charge is 0.406 e. The second-order valence-electron chi connectivity index (χ2n) is 4.14. The van der Waals surface area contributed by atoms with Gasteiger partial charge in [0.2, 0.25) is 0 Å². The number of rotatable bonds is 7. The minimum absolute atomic E-state index is 0.228. The summed E-state index contributed by atoms with van der Waals surface area (Å²) in [6.07, 6.45) is -1.82. The molecule has 0 bridgehead atoms. The Bertz CT molecular complexity index is 427. The van der Waals surface area contributed by atoms with Crippen LogP contribution in [0.5, 0.6) is 5.75 Å². The van der Waals surface area contributed by atoms with E-state index in [1.54, 1.807) is 12.3 Å². The Morgan fingerprint density at radius 1 is 1.30 bits per heavy atom. The number of halogens is 3. The van der Waals surface area contributed by atoms with E-state index in [1.165, 1.54) is 31.0 Å². The van der Waals surface area contributed by atoms with E-state index < -0.39 is 6.36 Å². The van der Waals surface area contributed by atoms with E-state index in [4.69, 9.17) is 10.5 Å². The SMILES string of the molecule is COC(CCCN)c1cc(OC(F)(F)F)cc(SC)c1. The van der Waals surface area contributed by atoms with Gasteiger partial charge >= 0.3 is 6.36 Å². The van der Waals surface area contributed by atoms with Crippen LogP contribution in [0.4, 0.5) is 13.2 Å². The van der Waals surface area contributed by atoms with Crippen LogP contribution >= 0.6 is 11.8 Å². The maximum Gasteiger partial charge on any atom is 0.573 e. The molecule has 0 saturated heterocycles. The maximum absolute atomic E-state index is 12.3. The maximum atomic E-state index is 12.3. The van der Waals surface area contributed by atoms with Gasteiger partial charge in [-0.15, -0.1) is 24.9 Å². The van der Waals surface area contributed by atoms with Crippen molar-refractivity contribution in [1.29, 1.82) is 0 Å². The van der Waals surface area contributed by atoms with Crippen molar-refractivity contribution in [3.8, 4) is 5.75 Å². The highest BCUT2D eigenvalue weighted by atomic mass is 32.2. The summed E-state index contributed by atoms with van der Waals surface area (Å²) >= 11 is 1.35. The van der Waals surface area contributed by atoms with Crippen molar-refractivity contribution in [2.45, 2.75) is 30.2 Å². The molecule has 0 aliphatic rings. The van der Waals surface area contributed by atoms with Gasteiger partial charge in [-0.05, 0) is 49.4 Å². The normalized spacial score (nSPS) is 13.3. The minimum Gasteiger partial charge on any atom is -0.406 e. The van der Waals surface area contributed by atoms with Gasteiger partial charge in [0.05, 0.1) is 6.10 Å². The number of thioether (sulfide) groups is 1. The number of hydrogen-bond donors (Lipinski definition) is 1. The lowest BCUT2D eigenvalue weighted by Crippen LogP contribution is -2.17. The summed E-state index contributed by atoms with van der Waals surface area (Å²) in [7, 11) is 1.53. The van der Waals surface area contributed by atoms with E-state index >= 15 is 0 Å². The molecule has 0 fully saturated rings. The zero-order valence-corrected chi connectivity index (χ0v) is 12.2. The second-order valence-corrected chi connectivity index (χ2v) is 5.02. The van der Waals surface area contributed by atoms with Gasteiger partial charge in [0.1, 0.15) is 5.75 Å². The van der Waals surface area contributed by atoms with Crippen molar-refractivity contribution < 1.29 is 22.6 Å². The van der Waals surface area contributed by atoms with Crippen molar-refractivity contribution in [3.63, 3.8) is 0 Å². The van der Waals surface area contributed by atoms with Crippen molar-refractivity contribution >= 4 is 11.8 Å². The summed E-state index contributed by atoms with van der Waals surface area (Å²) < 4.78 is 46.3. The van der Waals surface area contributed by atoms with Gasteiger partial charge in [-0.3, -0.25) is 0 Å². The lowest BCUT2D eigenvalue weighted by atomic mass is 10.0. The van der Waals surface area contributed by atoms with E-state index in [2.05, 4.69) is 4.74 Å². The van der Waals surface area contributed by atoms with Gasteiger partial charge < -0.3 is 15.2 Å². The summed E-state index contributed by atoms with van der Waals surface area (Å²) in [6, 6.07) is 4.52. The van der Waals surface area contributed by atoms with Gasteiger partial charge in [-0.2, -0.15) is 0 Å². The quantitative estimate of drug-likeness (QED) is 0.779. The van der Waals surface area contributed by atoms with Crippen LogP contribution < -0.4 is 10.5 Å². The van der Waals surface area contributed by atoms with Crippen LogP contribution in [0.25, 0.3) is 0 Å². The molecule has 1 aromatic carbocycles. The Balaban J connectivity index is 3.02. The first-order valence-corrected chi connectivity index (χ1v) is 7.29. The van der Waals surface area contributed by atoms with Crippen LogP contribution in [0.2, 0.25) is 0 Å². The molecular weight excluding hydrogens is 291 g/mol. The second kappa shape index (κ2) is 7.75. The number of benzene rings is 1. The Labute approximate surface area is 120 Å². The zero-order chi connectivity index (χ0) is 15.2. The average molecular weight is 309 g/mol. The number of ether oxygens (including phenoxy) is 2. The highest BCUT2D eigenvalue weighted by Crippen LogP contribution is 2.32. The van der Waals surface area contributed by atoms with Gasteiger partial charge in [0.15, 0.2) is 0 Å². The molecule has 0 aliphatic heterocycles. The number of nitrogens with two attached hydrogens (primary N) is 1. The number of alkyl halides is 3. The van der Waals surface area contributed by atoms with E-state index in [0.717, 1.165) is 6.42 Å². The highest BCUT2D eigenvalue weighted by Gasteiger charge is 2.31. The Hall–Kier alpha value is -0.920. The third-order valence-electron chi connectivity index (χ3n) is 2.70. The van der Waals surface area contributed by atoms with Gasteiger partial charge in [0, 0.05) is 12.0 Å². The Kier molecular flexibility index (Phi) is 6.64. The van der Waals surface area contributed by atoms with E-state index in [9.17, 15) is 13.2 Å². The first kappa shape index (κ1) is 17.1. The molecule has 1 atom stereocenters. The molecule has 1 unspecified atom stereocenters. The van der Waals surface area contributed by atoms with Crippen LogP contribution in [0.3, 0.4) is 0 Å². The van der Waals surface area contributed by atoms with Crippen LogP contribution in [-0.2, 0) is 4.74 Å². The third-order valence-corrected chi connectivity index (χ3v) is 3.41. The summed E-state index contributed by atoms with van der Waals surface area (Å²) in [5, 5.41) is 0. The number of hydrogen-bond acceptors (Lipinski definition) is 4. The van der Waals surface area contributed by atoms with E-state index in [0.29, 0.717) is 23.4 Å². The van der Waals surface area contributed by atoms with Crippen molar-refractivity contribution in [3.05, 3.63) is 23.8 Å². The molecule has 114 valence electrons. The lowest BCUT2D eigenvalue weighted by molar-refractivity contribution is -0.274. The fourth-order valence-corrected chi connectivity index (χ4v) is 2.30. The highest BCUT2D eigenvalue weighted by molar-refractivity contribution is 7.98. The number of methoxy groups -OCH3 is 1. The molecule has 1 rings (SSSR count). The topological polar surface area (TPSA) is 44.5 Å². The fraction of sp³-hybridized carbons (Fsp3) is 0.538. The van der Waals surface area contributed by atoms with Crippen molar-refractivity contribution in [1.82, 2.24) is 0 Å². The molecule has 0 saturated carbocycles. The first-order valence-electron chi connectivity index (χ1n) is 6.07. The third kappa shape index (κ3) is 5.60. The Morgan fingerprint density at radius 3 is 2.50 bits per heavy atom. The molecular formula is C13H18F3NO2S. The van der Waals surface area contributed by atoms with Crippen molar-refractivity contribution in [2.24, 2.45) is 5.73 Å². The van der Waals surface area contributed by atoms with Gasteiger partial charge in [0.25, 0.3) is 0 Å².